The second-order valence-electron chi connectivity index (χ2n) is 9.19. The minimum atomic E-state index is 0.941. The Bertz CT molecular complexity index is 1680. The van der Waals surface area contributed by atoms with E-state index in [2.05, 4.69) is 94.9 Å². The van der Waals surface area contributed by atoms with E-state index in [1.165, 1.54) is 0 Å². The van der Waals surface area contributed by atoms with Crippen molar-refractivity contribution >= 4 is 21.5 Å². The van der Waals surface area contributed by atoms with Crippen LogP contribution in [0.5, 0.6) is 0 Å². The molecule has 4 heteroatoms. The van der Waals surface area contributed by atoms with Gasteiger partial charge in [-0.15, -0.1) is 0 Å². The van der Waals surface area contributed by atoms with Gasteiger partial charge < -0.3 is 0 Å². The van der Waals surface area contributed by atoms with Gasteiger partial charge in [0.25, 0.3) is 0 Å². The third-order valence-corrected chi connectivity index (χ3v) is 6.96. The molecular weight excluding hydrogens is 464 g/mol. The highest BCUT2D eigenvalue weighted by Gasteiger charge is 2.18. The van der Waals surface area contributed by atoms with Crippen molar-refractivity contribution in [1.29, 1.82) is 0 Å². The Morgan fingerprint density at radius 3 is 1.05 bits per heavy atom. The summed E-state index contributed by atoms with van der Waals surface area (Å²) in [6, 6.07) is 33.5. The number of nitrogens with zero attached hydrogens (tertiary/aromatic N) is 4. The minimum Gasteiger partial charge on any atom is -0.264 e. The molecule has 0 aliphatic rings. The Balaban J connectivity index is 1.43. The van der Waals surface area contributed by atoms with E-state index in [0.717, 1.165) is 66.3 Å². The fraction of sp³-hybridized carbons (Fsp3) is 0. The molecular formula is C34H22N4. The number of benzene rings is 3. The Labute approximate surface area is 220 Å². The molecule has 4 nitrogen and oxygen atoms in total. The van der Waals surface area contributed by atoms with Gasteiger partial charge in [-0.1, -0.05) is 72.8 Å². The molecule has 0 amide bonds. The van der Waals surface area contributed by atoms with E-state index < -0.39 is 0 Å². The molecule has 0 aliphatic carbocycles. The summed E-state index contributed by atoms with van der Waals surface area (Å²) in [6.07, 6.45) is 11.2. The smallest absolute Gasteiger partial charge is 0.0714 e. The normalized spacial score (nSPS) is 11.2. The fourth-order valence-electron chi connectivity index (χ4n) is 5.17. The third kappa shape index (κ3) is 3.80. The van der Waals surface area contributed by atoms with E-state index in [9.17, 15) is 0 Å². The highest BCUT2D eigenvalue weighted by atomic mass is 14.7. The molecule has 0 spiro atoms. The molecule has 7 rings (SSSR count). The van der Waals surface area contributed by atoms with Crippen molar-refractivity contribution in [1.82, 2.24) is 19.9 Å². The number of rotatable bonds is 4. The van der Waals surface area contributed by atoms with E-state index in [-0.39, 0.29) is 0 Å². The lowest BCUT2D eigenvalue weighted by atomic mass is 9.88. The molecule has 178 valence electrons. The number of pyridine rings is 4. The average molecular weight is 487 g/mol. The van der Waals surface area contributed by atoms with E-state index in [0.29, 0.717) is 0 Å². The summed E-state index contributed by atoms with van der Waals surface area (Å²) in [5.41, 5.74) is 8.34. The zero-order valence-corrected chi connectivity index (χ0v) is 20.5. The summed E-state index contributed by atoms with van der Waals surface area (Å²) >= 11 is 0. The molecule has 0 radical (unpaired) electrons. The van der Waals surface area contributed by atoms with E-state index in [1.807, 2.05) is 36.9 Å². The highest BCUT2D eigenvalue weighted by molar-refractivity contribution is 6.20. The standard InChI is InChI=1S/C34H22N4/c1-2-10-28-27(9-1)33(31-15-13-25(21-37-31)23-7-5-17-35-19-23)29-11-3-4-12-30(29)34(28)32-16-14-26(22-38-32)24-8-6-18-36-20-24/h1-22H. The van der Waals surface area contributed by atoms with Gasteiger partial charge in [0.15, 0.2) is 0 Å². The van der Waals surface area contributed by atoms with Crippen LogP contribution in [0.3, 0.4) is 0 Å². The van der Waals surface area contributed by atoms with Gasteiger partial charge in [-0.2, -0.15) is 0 Å². The minimum absolute atomic E-state index is 0.941. The molecule has 0 fully saturated rings. The monoisotopic (exact) mass is 486 g/mol. The lowest BCUT2D eigenvalue weighted by Gasteiger charge is -2.17. The zero-order chi connectivity index (χ0) is 25.3. The van der Waals surface area contributed by atoms with Crippen LogP contribution < -0.4 is 0 Å². The van der Waals surface area contributed by atoms with Crippen molar-refractivity contribution in [2.24, 2.45) is 0 Å². The van der Waals surface area contributed by atoms with Crippen LogP contribution in [0.15, 0.2) is 134 Å². The van der Waals surface area contributed by atoms with Crippen molar-refractivity contribution in [3.05, 3.63) is 134 Å². The average Bonchev–Trinajstić information content (AvgIpc) is 3.01. The van der Waals surface area contributed by atoms with E-state index in [4.69, 9.17) is 9.97 Å². The summed E-state index contributed by atoms with van der Waals surface area (Å²) in [5, 5.41) is 4.61. The first-order valence-electron chi connectivity index (χ1n) is 12.5. The molecule has 0 saturated heterocycles. The largest absolute Gasteiger partial charge is 0.264 e. The molecule has 0 unspecified atom stereocenters. The summed E-state index contributed by atoms with van der Waals surface area (Å²) in [4.78, 5) is 18.3. The van der Waals surface area contributed by atoms with E-state index in [1.54, 1.807) is 12.4 Å². The van der Waals surface area contributed by atoms with Crippen molar-refractivity contribution in [2.45, 2.75) is 0 Å². The predicted octanol–water partition coefficient (Wildman–Crippen LogP) is 8.24. The third-order valence-electron chi connectivity index (χ3n) is 6.96. The number of hydrogen-bond acceptors (Lipinski definition) is 4. The number of aromatic nitrogens is 4. The fourth-order valence-corrected chi connectivity index (χ4v) is 5.17. The zero-order valence-electron chi connectivity index (χ0n) is 20.5. The molecule has 0 aliphatic heterocycles. The SMILES string of the molecule is c1cncc(-c2ccc(-c3c4ccccc4c(-c4ccc(-c5cccnc5)cn4)c4ccccc34)nc2)c1. The van der Waals surface area contributed by atoms with Gasteiger partial charge in [-0.05, 0) is 45.8 Å². The van der Waals surface area contributed by atoms with Crippen LogP contribution >= 0.6 is 0 Å². The topological polar surface area (TPSA) is 51.6 Å². The second-order valence-corrected chi connectivity index (χ2v) is 9.19. The van der Waals surface area contributed by atoms with Crippen LogP contribution in [0, 0.1) is 0 Å². The molecule has 0 N–H and O–H groups in total. The van der Waals surface area contributed by atoms with Gasteiger partial charge in [-0.3, -0.25) is 19.9 Å². The van der Waals surface area contributed by atoms with Crippen molar-refractivity contribution in [3.63, 3.8) is 0 Å². The van der Waals surface area contributed by atoms with Gasteiger partial charge in [0, 0.05) is 70.6 Å². The van der Waals surface area contributed by atoms with Crippen LogP contribution in [0.25, 0.3) is 66.3 Å². The Morgan fingerprint density at radius 2 is 0.737 bits per heavy atom. The molecule has 38 heavy (non-hydrogen) atoms. The molecule has 0 saturated carbocycles. The quantitative estimate of drug-likeness (QED) is 0.235. The molecule has 4 aromatic heterocycles. The summed E-state index contributed by atoms with van der Waals surface area (Å²) in [7, 11) is 0. The second kappa shape index (κ2) is 9.34. The van der Waals surface area contributed by atoms with Gasteiger partial charge in [0.05, 0.1) is 11.4 Å². The van der Waals surface area contributed by atoms with Crippen LogP contribution in [0.1, 0.15) is 0 Å². The first kappa shape index (κ1) is 22.0. The maximum atomic E-state index is 4.92. The first-order valence-corrected chi connectivity index (χ1v) is 12.5. The Hall–Kier alpha value is -5.22. The van der Waals surface area contributed by atoms with Crippen LogP contribution in [0.2, 0.25) is 0 Å². The van der Waals surface area contributed by atoms with E-state index >= 15 is 0 Å². The Kier molecular flexibility index (Phi) is 5.41. The summed E-state index contributed by atoms with van der Waals surface area (Å²) in [5.74, 6) is 0. The predicted molar refractivity (Wildman–Crippen MR) is 154 cm³/mol. The number of hydrogen-bond donors (Lipinski definition) is 0. The van der Waals surface area contributed by atoms with Gasteiger partial charge >= 0.3 is 0 Å². The maximum Gasteiger partial charge on any atom is 0.0714 e. The van der Waals surface area contributed by atoms with Crippen molar-refractivity contribution in [2.75, 3.05) is 0 Å². The summed E-state index contributed by atoms with van der Waals surface area (Å²) < 4.78 is 0. The van der Waals surface area contributed by atoms with Gasteiger partial charge in [-0.25, -0.2) is 0 Å². The molecule has 4 heterocycles. The van der Waals surface area contributed by atoms with Gasteiger partial charge in [0.2, 0.25) is 0 Å². The van der Waals surface area contributed by atoms with Crippen LogP contribution in [0.4, 0.5) is 0 Å². The van der Waals surface area contributed by atoms with Crippen molar-refractivity contribution in [3.8, 4) is 44.8 Å². The molecule has 3 aromatic carbocycles. The lowest BCUT2D eigenvalue weighted by molar-refractivity contribution is 1.30. The molecule has 7 aromatic rings. The number of fused-ring (bicyclic) bond motifs is 2. The first-order chi connectivity index (χ1) is 18.9. The maximum absolute atomic E-state index is 4.92. The summed E-state index contributed by atoms with van der Waals surface area (Å²) in [6.45, 7) is 0. The lowest BCUT2D eigenvalue weighted by Crippen LogP contribution is -1.94. The highest BCUT2D eigenvalue weighted by Crippen LogP contribution is 2.42. The van der Waals surface area contributed by atoms with Crippen molar-refractivity contribution < 1.29 is 0 Å². The van der Waals surface area contributed by atoms with Gasteiger partial charge in [0.1, 0.15) is 0 Å². The molecule has 0 atom stereocenters. The Morgan fingerprint density at radius 1 is 0.342 bits per heavy atom. The van der Waals surface area contributed by atoms with Crippen LogP contribution in [-0.4, -0.2) is 19.9 Å². The molecule has 0 bridgehead atoms. The van der Waals surface area contributed by atoms with Crippen LogP contribution in [-0.2, 0) is 0 Å².